The molecule has 174 valence electrons. The summed E-state index contributed by atoms with van der Waals surface area (Å²) in [6.07, 6.45) is 10.5. The summed E-state index contributed by atoms with van der Waals surface area (Å²) in [5.41, 5.74) is 7.73. The molecule has 0 spiro atoms. The van der Waals surface area contributed by atoms with Crippen LogP contribution in [-0.2, 0) is 0 Å². The van der Waals surface area contributed by atoms with Crippen LogP contribution in [0.1, 0.15) is 43.0 Å². The number of aromatic nitrogens is 6. The lowest BCUT2D eigenvalue weighted by Crippen LogP contribution is -2.11. The van der Waals surface area contributed by atoms with Crippen LogP contribution in [-0.4, -0.2) is 35.6 Å². The molecule has 0 aliphatic heterocycles. The second kappa shape index (κ2) is 8.86. The number of benzene rings is 1. The molecule has 4 aromatic rings. The number of aromatic amines is 1. The Bertz CT molecular complexity index is 1460. The van der Waals surface area contributed by atoms with Gasteiger partial charge in [-0.25, -0.2) is 19.7 Å². The fraction of sp³-hybridized carbons (Fsp3) is 0.304. The minimum Gasteiger partial charge on any atom is -0.366 e. The molecule has 1 aliphatic rings. The summed E-state index contributed by atoms with van der Waals surface area (Å²) in [5.74, 6) is 0.0908. The Kier molecular flexibility index (Phi) is 5.74. The van der Waals surface area contributed by atoms with E-state index < -0.39 is 11.7 Å². The van der Waals surface area contributed by atoms with Crippen molar-refractivity contribution in [3.8, 4) is 22.9 Å². The minimum absolute atomic E-state index is 0.0618. The standard InChI is InChI=1S/C23H22ClN7O3/c1-12-2-4-13(5-3-12)6-7-31-11-26-20-18(31)17(14-8-15(19(25)32)10-16(24)9-14)27-21(28-20)22-29-23(33)34-30-22/h6-13H,2-5H2,1H3,(H2,25,32)(H,29,30,33). The number of hydrogen-bond donors (Lipinski definition) is 2. The Labute approximate surface area is 198 Å². The van der Waals surface area contributed by atoms with Crippen LogP contribution in [0.5, 0.6) is 0 Å². The van der Waals surface area contributed by atoms with Crippen molar-refractivity contribution in [1.82, 2.24) is 29.7 Å². The number of amides is 1. The predicted molar refractivity (Wildman–Crippen MR) is 127 cm³/mol. The third kappa shape index (κ3) is 4.36. The van der Waals surface area contributed by atoms with E-state index >= 15 is 0 Å². The molecule has 3 heterocycles. The molecule has 0 bridgehead atoms. The number of rotatable bonds is 5. The number of fused-ring (bicyclic) bond motifs is 1. The number of halogens is 1. The summed E-state index contributed by atoms with van der Waals surface area (Å²) >= 11 is 6.28. The van der Waals surface area contributed by atoms with Crippen LogP contribution in [0, 0.1) is 11.8 Å². The number of hydrogen-bond acceptors (Lipinski definition) is 7. The van der Waals surface area contributed by atoms with E-state index in [1.807, 2.05) is 10.8 Å². The molecule has 0 radical (unpaired) electrons. The fourth-order valence-corrected chi connectivity index (χ4v) is 4.49. The van der Waals surface area contributed by atoms with Gasteiger partial charge in [-0.15, -0.1) is 0 Å². The Morgan fingerprint density at radius 1 is 1.24 bits per heavy atom. The van der Waals surface area contributed by atoms with Crippen molar-refractivity contribution in [2.75, 3.05) is 0 Å². The van der Waals surface area contributed by atoms with Crippen LogP contribution in [0.25, 0.3) is 40.3 Å². The first-order valence-corrected chi connectivity index (χ1v) is 11.3. The van der Waals surface area contributed by atoms with Gasteiger partial charge in [0.25, 0.3) is 0 Å². The maximum absolute atomic E-state index is 11.8. The van der Waals surface area contributed by atoms with Gasteiger partial charge in [0.1, 0.15) is 17.5 Å². The summed E-state index contributed by atoms with van der Waals surface area (Å²) in [6, 6.07) is 4.77. The van der Waals surface area contributed by atoms with Crippen LogP contribution in [0.3, 0.4) is 0 Å². The van der Waals surface area contributed by atoms with Gasteiger partial charge in [-0.3, -0.25) is 14.3 Å². The molecule has 0 atom stereocenters. The molecule has 1 saturated carbocycles. The smallest absolute Gasteiger partial charge is 0.366 e. The topological polar surface area (TPSA) is 146 Å². The average molecular weight is 480 g/mol. The van der Waals surface area contributed by atoms with Crippen molar-refractivity contribution >= 4 is 34.9 Å². The van der Waals surface area contributed by atoms with E-state index in [1.54, 1.807) is 18.5 Å². The van der Waals surface area contributed by atoms with Crippen molar-refractivity contribution in [2.45, 2.75) is 32.6 Å². The number of primary amides is 1. The zero-order chi connectivity index (χ0) is 23.8. The van der Waals surface area contributed by atoms with Crippen LogP contribution >= 0.6 is 11.6 Å². The maximum Gasteiger partial charge on any atom is 0.439 e. The van der Waals surface area contributed by atoms with Gasteiger partial charge in [0.15, 0.2) is 5.65 Å². The summed E-state index contributed by atoms with van der Waals surface area (Å²) in [5, 5.41) is 4.01. The van der Waals surface area contributed by atoms with E-state index in [2.05, 4.69) is 42.6 Å². The van der Waals surface area contributed by atoms with Crippen LogP contribution in [0.4, 0.5) is 0 Å². The molecule has 5 rings (SSSR count). The van der Waals surface area contributed by atoms with Gasteiger partial charge >= 0.3 is 5.76 Å². The molecule has 1 aromatic carbocycles. The van der Waals surface area contributed by atoms with E-state index in [0.29, 0.717) is 33.4 Å². The zero-order valence-corrected chi connectivity index (χ0v) is 19.1. The molecule has 3 aromatic heterocycles. The lowest BCUT2D eigenvalue weighted by molar-refractivity contribution is 0.100. The summed E-state index contributed by atoms with van der Waals surface area (Å²) in [7, 11) is 0. The van der Waals surface area contributed by atoms with E-state index in [0.717, 1.165) is 18.8 Å². The third-order valence-corrected chi connectivity index (χ3v) is 6.33. The van der Waals surface area contributed by atoms with Gasteiger partial charge in [-0.2, -0.15) is 0 Å². The number of allylic oxidation sites excluding steroid dienone is 1. The molecular weight excluding hydrogens is 458 g/mol. The number of carbonyl (C=O) groups is 1. The van der Waals surface area contributed by atoms with Gasteiger partial charge in [0.2, 0.25) is 17.6 Å². The Morgan fingerprint density at radius 2 is 2.03 bits per heavy atom. The number of nitrogens with one attached hydrogen (secondary N) is 1. The summed E-state index contributed by atoms with van der Waals surface area (Å²) in [6.45, 7) is 2.29. The molecule has 1 amide bonds. The number of imidazole rings is 1. The number of nitrogens with two attached hydrogens (primary N) is 1. The van der Waals surface area contributed by atoms with Crippen molar-refractivity contribution in [3.63, 3.8) is 0 Å². The molecule has 1 aliphatic carbocycles. The SMILES string of the molecule is CC1CCC(C=Cn2cnc3nc(-c4noc(=O)[nH]4)nc(-c4cc(Cl)cc(C(N)=O)c4)c32)CC1. The molecule has 0 unspecified atom stereocenters. The van der Waals surface area contributed by atoms with Gasteiger partial charge in [-0.1, -0.05) is 42.6 Å². The highest BCUT2D eigenvalue weighted by Crippen LogP contribution is 2.32. The summed E-state index contributed by atoms with van der Waals surface area (Å²) in [4.78, 5) is 39.3. The summed E-state index contributed by atoms with van der Waals surface area (Å²) < 4.78 is 6.45. The van der Waals surface area contributed by atoms with E-state index in [-0.39, 0.29) is 17.2 Å². The Morgan fingerprint density at radius 3 is 2.74 bits per heavy atom. The maximum atomic E-state index is 11.8. The van der Waals surface area contributed by atoms with Crippen molar-refractivity contribution in [3.05, 3.63) is 51.7 Å². The molecule has 10 nitrogen and oxygen atoms in total. The van der Waals surface area contributed by atoms with Crippen molar-refractivity contribution < 1.29 is 9.32 Å². The van der Waals surface area contributed by atoms with Crippen molar-refractivity contribution in [2.24, 2.45) is 17.6 Å². The normalized spacial score (nSPS) is 18.6. The van der Waals surface area contributed by atoms with Gasteiger partial charge in [0.05, 0.1) is 0 Å². The van der Waals surface area contributed by atoms with Crippen LogP contribution in [0.2, 0.25) is 5.02 Å². The number of carbonyl (C=O) groups excluding carboxylic acids is 1. The first-order chi connectivity index (χ1) is 16.4. The highest BCUT2D eigenvalue weighted by molar-refractivity contribution is 6.31. The third-order valence-electron chi connectivity index (χ3n) is 6.12. The first kappa shape index (κ1) is 22.0. The van der Waals surface area contributed by atoms with Gasteiger partial charge < -0.3 is 10.3 Å². The van der Waals surface area contributed by atoms with E-state index in [9.17, 15) is 9.59 Å². The average Bonchev–Trinajstić information content (AvgIpc) is 3.44. The van der Waals surface area contributed by atoms with Crippen LogP contribution in [0.15, 0.2) is 39.9 Å². The molecule has 34 heavy (non-hydrogen) atoms. The predicted octanol–water partition coefficient (Wildman–Crippen LogP) is 3.89. The van der Waals surface area contributed by atoms with Crippen molar-refractivity contribution in [1.29, 1.82) is 0 Å². The quantitative estimate of drug-likeness (QED) is 0.441. The van der Waals surface area contributed by atoms with Gasteiger partial charge in [0, 0.05) is 22.3 Å². The molecule has 11 heteroatoms. The second-order valence-corrected chi connectivity index (χ2v) is 9.05. The highest BCUT2D eigenvalue weighted by Gasteiger charge is 2.20. The zero-order valence-electron chi connectivity index (χ0n) is 18.4. The van der Waals surface area contributed by atoms with E-state index in [1.165, 1.54) is 18.9 Å². The molecule has 1 fully saturated rings. The fourth-order valence-electron chi connectivity index (χ4n) is 4.25. The van der Waals surface area contributed by atoms with Gasteiger partial charge in [-0.05, 0) is 42.9 Å². The lowest BCUT2D eigenvalue weighted by atomic mass is 9.83. The van der Waals surface area contributed by atoms with Crippen LogP contribution < -0.4 is 11.5 Å². The highest BCUT2D eigenvalue weighted by atomic mass is 35.5. The monoisotopic (exact) mass is 479 g/mol. The number of nitrogens with zero attached hydrogens (tertiary/aromatic N) is 5. The lowest BCUT2D eigenvalue weighted by Gasteiger charge is -2.23. The Balaban J connectivity index is 1.66. The number of H-pyrrole nitrogens is 1. The Hall–Kier alpha value is -3.79. The largest absolute Gasteiger partial charge is 0.439 e. The van der Waals surface area contributed by atoms with E-state index in [4.69, 9.17) is 17.3 Å². The molecule has 0 saturated heterocycles. The molecule has 3 N–H and O–H groups in total. The molecular formula is C23H22ClN7O3. The first-order valence-electron chi connectivity index (χ1n) is 11.0. The minimum atomic E-state index is -0.728. The second-order valence-electron chi connectivity index (χ2n) is 8.62.